The molecule has 0 spiro atoms. The number of benzene rings is 2. The Labute approximate surface area is 157 Å². The van der Waals surface area contributed by atoms with E-state index < -0.39 is 5.97 Å². The van der Waals surface area contributed by atoms with Gasteiger partial charge in [0.25, 0.3) is 0 Å². The fourth-order valence-corrected chi connectivity index (χ4v) is 2.63. The number of aromatic amines is 1. The number of hydrogen-bond acceptors (Lipinski definition) is 5. The minimum Gasteiger partial charge on any atom is -0.481 e. The standard InChI is InChI=1S/C21H19N3O3/c1-3-26-20(25)13-27-19-7-5-4-6-15(19)11-16(12-22)21-23-17-9-8-14(2)10-18(17)24-21/h4-11H,3,13H2,1-2H3,(H,23,24)/b16-11-. The van der Waals surface area contributed by atoms with Gasteiger partial charge in [-0.15, -0.1) is 0 Å². The first-order valence-corrected chi connectivity index (χ1v) is 8.56. The van der Waals surface area contributed by atoms with E-state index in [4.69, 9.17) is 9.47 Å². The summed E-state index contributed by atoms with van der Waals surface area (Å²) in [4.78, 5) is 19.2. The third-order valence-electron chi connectivity index (χ3n) is 3.88. The fourth-order valence-electron chi connectivity index (χ4n) is 2.63. The van der Waals surface area contributed by atoms with Crippen molar-refractivity contribution in [2.45, 2.75) is 13.8 Å². The molecule has 0 aliphatic heterocycles. The molecule has 1 aromatic heterocycles. The Bertz CT molecular complexity index is 1040. The van der Waals surface area contributed by atoms with Gasteiger partial charge in [0.15, 0.2) is 6.61 Å². The summed E-state index contributed by atoms with van der Waals surface area (Å²) in [5, 5.41) is 9.61. The van der Waals surface area contributed by atoms with Crippen molar-refractivity contribution in [2.24, 2.45) is 0 Å². The second-order valence-corrected chi connectivity index (χ2v) is 5.91. The fraction of sp³-hybridized carbons (Fsp3) is 0.190. The molecule has 1 N–H and O–H groups in total. The lowest BCUT2D eigenvalue weighted by Crippen LogP contribution is -2.14. The van der Waals surface area contributed by atoms with Crippen LogP contribution < -0.4 is 4.74 Å². The van der Waals surface area contributed by atoms with Crippen LogP contribution in [0.3, 0.4) is 0 Å². The van der Waals surface area contributed by atoms with Crippen molar-refractivity contribution in [3.05, 3.63) is 59.4 Å². The van der Waals surface area contributed by atoms with Crippen molar-refractivity contribution in [1.82, 2.24) is 9.97 Å². The zero-order chi connectivity index (χ0) is 19.2. The second kappa shape index (κ2) is 8.19. The van der Waals surface area contributed by atoms with Gasteiger partial charge >= 0.3 is 5.97 Å². The predicted molar refractivity (Wildman–Crippen MR) is 103 cm³/mol. The molecule has 0 saturated carbocycles. The molecule has 136 valence electrons. The lowest BCUT2D eigenvalue weighted by molar-refractivity contribution is -0.145. The van der Waals surface area contributed by atoms with E-state index in [2.05, 4.69) is 16.0 Å². The number of imidazole rings is 1. The SMILES string of the molecule is CCOC(=O)COc1ccccc1/C=C(/C#N)c1nc2ccc(C)cc2[nH]1. The average Bonchev–Trinajstić information content (AvgIpc) is 3.08. The Balaban J connectivity index is 1.91. The van der Waals surface area contributed by atoms with Crippen LogP contribution in [0.2, 0.25) is 0 Å². The van der Waals surface area contributed by atoms with Crippen LogP contribution in [0.1, 0.15) is 23.9 Å². The molecular weight excluding hydrogens is 342 g/mol. The number of rotatable bonds is 6. The Hall–Kier alpha value is -3.59. The van der Waals surface area contributed by atoms with Crippen molar-refractivity contribution >= 4 is 28.7 Å². The number of esters is 1. The summed E-state index contributed by atoms with van der Waals surface area (Å²) >= 11 is 0. The summed E-state index contributed by atoms with van der Waals surface area (Å²) in [6.07, 6.45) is 1.69. The maximum absolute atomic E-state index is 11.5. The summed E-state index contributed by atoms with van der Waals surface area (Å²) in [7, 11) is 0. The molecule has 27 heavy (non-hydrogen) atoms. The molecule has 3 rings (SSSR count). The number of nitrogens with one attached hydrogen (secondary N) is 1. The van der Waals surface area contributed by atoms with Crippen LogP contribution in [0.25, 0.3) is 22.7 Å². The smallest absolute Gasteiger partial charge is 0.344 e. The summed E-state index contributed by atoms with van der Waals surface area (Å²) in [6.45, 7) is 3.85. The molecule has 0 amide bonds. The highest BCUT2D eigenvalue weighted by molar-refractivity contribution is 5.91. The molecule has 0 aliphatic rings. The molecule has 0 radical (unpaired) electrons. The van der Waals surface area contributed by atoms with Gasteiger partial charge in [0.2, 0.25) is 0 Å². The molecule has 2 aromatic carbocycles. The average molecular weight is 361 g/mol. The Kier molecular flexibility index (Phi) is 5.53. The van der Waals surface area contributed by atoms with E-state index in [0.717, 1.165) is 16.6 Å². The number of allylic oxidation sites excluding steroid dienone is 1. The molecule has 0 saturated heterocycles. The first-order chi connectivity index (χ1) is 13.1. The quantitative estimate of drug-likeness (QED) is 0.532. The van der Waals surface area contributed by atoms with Crippen LogP contribution in [0.4, 0.5) is 0 Å². The normalized spacial score (nSPS) is 11.2. The minimum absolute atomic E-state index is 0.190. The first-order valence-electron chi connectivity index (χ1n) is 8.56. The van der Waals surface area contributed by atoms with Gasteiger partial charge in [-0.2, -0.15) is 5.26 Å². The van der Waals surface area contributed by atoms with Gasteiger partial charge in [-0.1, -0.05) is 24.3 Å². The molecule has 1 heterocycles. The van der Waals surface area contributed by atoms with E-state index in [0.29, 0.717) is 29.3 Å². The number of para-hydroxylation sites is 1. The summed E-state index contributed by atoms with van der Waals surface area (Å²) < 4.78 is 10.4. The van der Waals surface area contributed by atoms with Crippen LogP contribution >= 0.6 is 0 Å². The molecular formula is C21H19N3O3. The van der Waals surface area contributed by atoms with Gasteiger partial charge in [-0.25, -0.2) is 9.78 Å². The number of aromatic nitrogens is 2. The number of carbonyl (C=O) groups is 1. The lowest BCUT2D eigenvalue weighted by atomic mass is 10.1. The highest BCUT2D eigenvalue weighted by atomic mass is 16.6. The largest absolute Gasteiger partial charge is 0.481 e. The second-order valence-electron chi connectivity index (χ2n) is 5.91. The number of aryl methyl sites for hydroxylation is 1. The van der Waals surface area contributed by atoms with Gasteiger partial charge < -0.3 is 14.5 Å². The van der Waals surface area contributed by atoms with E-state index in [-0.39, 0.29) is 6.61 Å². The molecule has 0 fully saturated rings. The molecule has 0 bridgehead atoms. The predicted octanol–water partition coefficient (Wildman–Crippen LogP) is 3.88. The van der Waals surface area contributed by atoms with E-state index in [1.165, 1.54) is 0 Å². The Morgan fingerprint density at radius 2 is 2.11 bits per heavy atom. The van der Waals surface area contributed by atoms with Crippen LogP contribution in [-0.2, 0) is 9.53 Å². The van der Waals surface area contributed by atoms with E-state index in [1.54, 1.807) is 25.1 Å². The number of hydrogen-bond donors (Lipinski definition) is 1. The molecule has 0 unspecified atom stereocenters. The highest BCUT2D eigenvalue weighted by Crippen LogP contribution is 2.25. The highest BCUT2D eigenvalue weighted by Gasteiger charge is 2.11. The van der Waals surface area contributed by atoms with E-state index in [9.17, 15) is 10.1 Å². The Morgan fingerprint density at radius 3 is 2.89 bits per heavy atom. The Morgan fingerprint density at radius 1 is 1.30 bits per heavy atom. The van der Waals surface area contributed by atoms with Gasteiger partial charge in [0, 0.05) is 5.56 Å². The summed E-state index contributed by atoms with van der Waals surface area (Å²) in [5.41, 5.74) is 3.82. The third-order valence-corrected chi connectivity index (χ3v) is 3.88. The maximum atomic E-state index is 11.5. The van der Waals surface area contributed by atoms with Crippen molar-refractivity contribution in [1.29, 1.82) is 5.26 Å². The van der Waals surface area contributed by atoms with Gasteiger partial charge in [-0.05, 0) is 43.7 Å². The van der Waals surface area contributed by atoms with Crippen LogP contribution in [0, 0.1) is 18.3 Å². The zero-order valence-corrected chi connectivity index (χ0v) is 15.2. The number of H-pyrrole nitrogens is 1. The molecule has 0 atom stereocenters. The molecule has 6 nitrogen and oxygen atoms in total. The van der Waals surface area contributed by atoms with E-state index in [1.807, 2.05) is 37.3 Å². The maximum Gasteiger partial charge on any atom is 0.344 e. The van der Waals surface area contributed by atoms with Crippen molar-refractivity contribution in [3.63, 3.8) is 0 Å². The number of ether oxygens (including phenoxy) is 2. The van der Waals surface area contributed by atoms with Crippen molar-refractivity contribution in [2.75, 3.05) is 13.2 Å². The van der Waals surface area contributed by atoms with Crippen molar-refractivity contribution in [3.8, 4) is 11.8 Å². The molecule has 6 heteroatoms. The van der Waals surface area contributed by atoms with Crippen molar-refractivity contribution < 1.29 is 14.3 Å². The van der Waals surface area contributed by atoms with Gasteiger partial charge in [-0.3, -0.25) is 0 Å². The molecule has 3 aromatic rings. The van der Waals surface area contributed by atoms with Crippen LogP contribution in [0.15, 0.2) is 42.5 Å². The van der Waals surface area contributed by atoms with Gasteiger partial charge in [0.05, 0.1) is 23.2 Å². The number of nitriles is 1. The van der Waals surface area contributed by atoms with Crippen LogP contribution in [0.5, 0.6) is 5.75 Å². The zero-order valence-electron chi connectivity index (χ0n) is 15.2. The van der Waals surface area contributed by atoms with E-state index >= 15 is 0 Å². The topological polar surface area (TPSA) is 88.0 Å². The summed E-state index contributed by atoms with van der Waals surface area (Å²) in [5.74, 6) is 0.535. The summed E-state index contributed by atoms with van der Waals surface area (Å²) in [6, 6.07) is 15.2. The first kappa shape index (κ1) is 18.2. The number of carbonyl (C=O) groups excluding carboxylic acids is 1. The molecule has 0 aliphatic carbocycles. The number of fused-ring (bicyclic) bond motifs is 1. The third kappa shape index (κ3) is 4.33. The lowest BCUT2D eigenvalue weighted by Gasteiger charge is -2.08. The minimum atomic E-state index is -0.440. The monoisotopic (exact) mass is 361 g/mol. The van der Waals surface area contributed by atoms with Crippen LogP contribution in [-0.4, -0.2) is 29.2 Å². The van der Waals surface area contributed by atoms with Gasteiger partial charge in [0.1, 0.15) is 17.6 Å². The number of nitrogens with zero attached hydrogens (tertiary/aromatic N) is 2.